The van der Waals surface area contributed by atoms with Crippen LogP contribution in [0.2, 0.25) is 0 Å². The maximum absolute atomic E-state index is 10.6. The SMILES string of the molecule is C=C(C)C=CCCCC(=O)OC. The molecule has 0 aliphatic rings. The van der Waals surface area contributed by atoms with Crippen molar-refractivity contribution in [3.63, 3.8) is 0 Å². The minimum atomic E-state index is -0.140. The van der Waals surface area contributed by atoms with Crippen LogP contribution in [0.15, 0.2) is 24.3 Å². The minimum absolute atomic E-state index is 0.140. The predicted octanol–water partition coefficient (Wildman–Crippen LogP) is 2.46. The van der Waals surface area contributed by atoms with Gasteiger partial charge in [-0.3, -0.25) is 4.79 Å². The van der Waals surface area contributed by atoms with Crippen LogP contribution in [0.5, 0.6) is 0 Å². The van der Waals surface area contributed by atoms with Gasteiger partial charge in [0.2, 0.25) is 0 Å². The number of allylic oxidation sites excluding steroid dienone is 3. The van der Waals surface area contributed by atoms with Crippen molar-refractivity contribution in [3.05, 3.63) is 24.3 Å². The first-order valence-corrected chi connectivity index (χ1v) is 4.05. The van der Waals surface area contributed by atoms with Crippen LogP contribution in [0.4, 0.5) is 0 Å². The highest BCUT2D eigenvalue weighted by atomic mass is 16.5. The first-order chi connectivity index (χ1) is 5.66. The molecule has 12 heavy (non-hydrogen) atoms. The van der Waals surface area contributed by atoms with Crippen molar-refractivity contribution in [2.24, 2.45) is 0 Å². The third kappa shape index (κ3) is 7.06. The van der Waals surface area contributed by atoms with Gasteiger partial charge < -0.3 is 4.74 Å². The smallest absolute Gasteiger partial charge is 0.305 e. The maximum Gasteiger partial charge on any atom is 0.305 e. The second-order valence-corrected chi connectivity index (χ2v) is 2.72. The van der Waals surface area contributed by atoms with Crippen molar-refractivity contribution in [3.8, 4) is 0 Å². The summed E-state index contributed by atoms with van der Waals surface area (Å²) in [6.45, 7) is 5.67. The Morgan fingerprint density at radius 3 is 2.75 bits per heavy atom. The second-order valence-electron chi connectivity index (χ2n) is 2.72. The largest absolute Gasteiger partial charge is 0.469 e. The van der Waals surface area contributed by atoms with Crippen molar-refractivity contribution in [1.29, 1.82) is 0 Å². The Morgan fingerprint density at radius 1 is 1.58 bits per heavy atom. The van der Waals surface area contributed by atoms with Gasteiger partial charge in [0.05, 0.1) is 7.11 Å². The standard InChI is InChI=1S/C10H16O2/c1-9(2)7-5-4-6-8-10(11)12-3/h5,7H,1,4,6,8H2,2-3H3. The van der Waals surface area contributed by atoms with E-state index in [4.69, 9.17) is 0 Å². The monoisotopic (exact) mass is 168 g/mol. The van der Waals surface area contributed by atoms with E-state index in [-0.39, 0.29) is 5.97 Å². The number of unbranched alkanes of at least 4 members (excludes halogenated alkanes) is 1. The number of ether oxygens (including phenoxy) is 1. The summed E-state index contributed by atoms with van der Waals surface area (Å²) < 4.78 is 4.50. The van der Waals surface area contributed by atoms with E-state index in [2.05, 4.69) is 11.3 Å². The third-order valence-corrected chi connectivity index (χ3v) is 1.38. The molecule has 0 unspecified atom stereocenters. The van der Waals surface area contributed by atoms with E-state index in [1.807, 2.05) is 19.1 Å². The summed E-state index contributed by atoms with van der Waals surface area (Å²) in [4.78, 5) is 10.6. The van der Waals surface area contributed by atoms with E-state index in [9.17, 15) is 4.79 Å². The Hall–Kier alpha value is -1.05. The van der Waals surface area contributed by atoms with E-state index >= 15 is 0 Å². The van der Waals surface area contributed by atoms with E-state index in [0.29, 0.717) is 6.42 Å². The zero-order valence-electron chi connectivity index (χ0n) is 7.80. The van der Waals surface area contributed by atoms with Gasteiger partial charge in [0.1, 0.15) is 0 Å². The lowest BCUT2D eigenvalue weighted by molar-refractivity contribution is -0.140. The molecular weight excluding hydrogens is 152 g/mol. The summed E-state index contributed by atoms with van der Waals surface area (Å²) in [6.07, 6.45) is 6.22. The molecule has 0 atom stereocenters. The Balaban J connectivity index is 3.33. The molecule has 0 aliphatic heterocycles. The maximum atomic E-state index is 10.6. The number of rotatable bonds is 5. The molecule has 0 heterocycles. The molecule has 0 fully saturated rings. The fraction of sp³-hybridized carbons (Fsp3) is 0.500. The molecule has 0 N–H and O–H groups in total. The van der Waals surface area contributed by atoms with Gasteiger partial charge in [-0.1, -0.05) is 24.3 Å². The minimum Gasteiger partial charge on any atom is -0.469 e. The Morgan fingerprint density at radius 2 is 2.25 bits per heavy atom. The fourth-order valence-electron chi connectivity index (χ4n) is 0.751. The van der Waals surface area contributed by atoms with E-state index in [0.717, 1.165) is 18.4 Å². The van der Waals surface area contributed by atoms with E-state index < -0.39 is 0 Å². The summed E-state index contributed by atoms with van der Waals surface area (Å²) in [6, 6.07) is 0. The van der Waals surface area contributed by atoms with Crippen molar-refractivity contribution < 1.29 is 9.53 Å². The molecule has 0 aliphatic carbocycles. The lowest BCUT2D eigenvalue weighted by Gasteiger charge is -1.95. The number of esters is 1. The lowest BCUT2D eigenvalue weighted by atomic mass is 10.2. The topological polar surface area (TPSA) is 26.3 Å². The Labute approximate surface area is 73.9 Å². The number of hydrogen-bond donors (Lipinski definition) is 0. The summed E-state index contributed by atoms with van der Waals surface area (Å²) in [7, 11) is 1.41. The summed E-state index contributed by atoms with van der Waals surface area (Å²) >= 11 is 0. The van der Waals surface area contributed by atoms with Gasteiger partial charge >= 0.3 is 5.97 Å². The van der Waals surface area contributed by atoms with Crippen LogP contribution in [0, 0.1) is 0 Å². The number of carbonyl (C=O) groups excluding carboxylic acids is 1. The highest BCUT2D eigenvalue weighted by molar-refractivity contribution is 5.69. The summed E-state index contributed by atoms with van der Waals surface area (Å²) in [5, 5.41) is 0. The predicted molar refractivity (Wildman–Crippen MR) is 49.8 cm³/mol. The average molecular weight is 168 g/mol. The zero-order chi connectivity index (χ0) is 9.40. The van der Waals surface area contributed by atoms with Crippen LogP contribution in [-0.2, 0) is 9.53 Å². The zero-order valence-corrected chi connectivity index (χ0v) is 7.80. The quantitative estimate of drug-likeness (QED) is 0.358. The van der Waals surface area contributed by atoms with Gasteiger partial charge in [-0.15, -0.1) is 0 Å². The van der Waals surface area contributed by atoms with Crippen LogP contribution in [0.25, 0.3) is 0 Å². The molecular formula is C10H16O2. The van der Waals surface area contributed by atoms with Crippen LogP contribution in [-0.4, -0.2) is 13.1 Å². The van der Waals surface area contributed by atoms with Crippen LogP contribution in [0.1, 0.15) is 26.2 Å². The summed E-state index contributed by atoms with van der Waals surface area (Å²) in [5.41, 5.74) is 1.04. The van der Waals surface area contributed by atoms with Gasteiger partial charge in [0.25, 0.3) is 0 Å². The van der Waals surface area contributed by atoms with Crippen LogP contribution < -0.4 is 0 Å². The second kappa shape index (κ2) is 6.65. The van der Waals surface area contributed by atoms with Crippen molar-refractivity contribution in [2.45, 2.75) is 26.2 Å². The first kappa shape index (κ1) is 11.0. The van der Waals surface area contributed by atoms with Crippen molar-refractivity contribution in [1.82, 2.24) is 0 Å². The van der Waals surface area contributed by atoms with Crippen LogP contribution in [0.3, 0.4) is 0 Å². The molecule has 0 radical (unpaired) electrons. The fourth-order valence-corrected chi connectivity index (χ4v) is 0.751. The van der Waals surface area contributed by atoms with Gasteiger partial charge in [0, 0.05) is 6.42 Å². The molecule has 0 spiro atoms. The lowest BCUT2D eigenvalue weighted by Crippen LogP contribution is -1.98. The number of carbonyl (C=O) groups is 1. The molecule has 0 bridgehead atoms. The van der Waals surface area contributed by atoms with Gasteiger partial charge in [0.15, 0.2) is 0 Å². The normalized spacial score (nSPS) is 10.2. The Bertz CT molecular complexity index is 180. The highest BCUT2D eigenvalue weighted by Gasteiger charge is 1.96. The molecule has 0 aromatic heterocycles. The molecule has 2 nitrogen and oxygen atoms in total. The molecule has 2 heteroatoms. The third-order valence-electron chi connectivity index (χ3n) is 1.38. The molecule has 0 aromatic rings. The molecule has 0 rings (SSSR count). The van der Waals surface area contributed by atoms with Crippen LogP contribution >= 0.6 is 0 Å². The van der Waals surface area contributed by atoms with Gasteiger partial charge in [-0.05, 0) is 19.8 Å². The highest BCUT2D eigenvalue weighted by Crippen LogP contribution is 1.99. The van der Waals surface area contributed by atoms with E-state index in [1.54, 1.807) is 0 Å². The molecule has 0 aromatic carbocycles. The number of methoxy groups -OCH3 is 1. The summed E-state index contributed by atoms with van der Waals surface area (Å²) in [5.74, 6) is -0.140. The van der Waals surface area contributed by atoms with Crippen molar-refractivity contribution >= 4 is 5.97 Å². The van der Waals surface area contributed by atoms with Gasteiger partial charge in [-0.25, -0.2) is 0 Å². The molecule has 0 saturated heterocycles. The Kier molecular flexibility index (Phi) is 6.07. The molecule has 0 amide bonds. The number of hydrogen-bond acceptors (Lipinski definition) is 2. The first-order valence-electron chi connectivity index (χ1n) is 4.05. The van der Waals surface area contributed by atoms with E-state index in [1.165, 1.54) is 7.11 Å². The van der Waals surface area contributed by atoms with Gasteiger partial charge in [-0.2, -0.15) is 0 Å². The van der Waals surface area contributed by atoms with Crippen molar-refractivity contribution in [2.75, 3.05) is 7.11 Å². The average Bonchev–Trinajstić information content (AvgIpc) is 2.03. The molecule has 68 valence electrons. The molecule has 0 saturated carbocycles.